The van der Waals surface area contributed by atoms with Crippen LogP contribution >= 0.6 is 23.2 Å². The van der Waals surface area contributed by atoms with Gasteiger partial charge in [-0.2, -0.15) is 0 Å². The fourth-order valence-electron chi connectivity index (χ4n) is 3.64. The van der Waals surface area contributed by atoms with E-state index in [1.807, 2.05) is 23.1 Å². The van der Waals surface area contributed by atoms with Crippen molar-refractivity contribution in [3.8, 4) is 17.2 Å². The summed E-state index contributed by atoms with van der Waals surface area (Å²) >= 11 is 12.0. The average molecular weight is 422 g/mol. The summed E-state index contributed by atoms with van der Waals surface area (Å²) in [5.41, 5.74) is 1.06. The van der Waals surface area contributed by atoms with Gasteiger partial charge in [0.2, 0.25) is 0 Å². The number of rotatable bonds is 4. The smallest absolute Gasteiger partial charge is 0.261 e. The van der Waals surface area contributed by atoms with E-state index in [4.69, 9.17) is 37.4 Å². The maximum absolute atomic E-state index is 12.8. The number of amides is 1. The second-order valence-electron chi connectivity index (χ2n) is 6.90. The zero-order chi connectivity index (χ0) is 19.5. The van der Waals surface area contributed by atoms with E-state index in [-0.39, 0.29) is 18.6 Å². The maximum atomic E-state index is 12.8. The number of nitrogens with zero attached hydrogens (tertiary/aromatic N) is 1. The monoisotopic (exact) mass is 421 g/mol. The van der Waals surface area contributed by atoms with Gasteiger partial charge in [-0.3, -0.25) is 4.79 Å². The van der Waals surface area contributed by atoms with Gasteiger partial charge in [0.15, 0.2) is 18.1 Å². The minimum atomic E-state index is -0.0642. The summed E-state index contributed by atoms with van der Waals surface area (Å²) in [6, 6.07) is 10.9. The van der Waals surface area contributed by atoms with Crippen molar-refractivity contribution in [2.45, 2.75) is 25.3 Å². The van der Waals surface area contributed by atoms with Gasteiger partial charge in [0.25, 0.3) is 5.91 Å². The molecule has 0 aliphatic carbocycles. The molecule has 0 saturated carbocycles. The zero-order valence-corrected chi connectivity index (χ0v) is 16.8. The number of fused-ring (bicyclic) bond motifs is 1. The van der Waals surface area contributed by atoms with E-state index in [0.717, 1.165) is 36.3 Å². The van der Waals surface area contributed by atoms with Gasteiger partial charge in [-0.05, 0) is 48.7 Å². The Hall–Kier alpha value is -2.11. The molecule has 28 heavy (non-hydrogen) atoms. The Kier molecular flexibility index (Phi) is 5.83. The van der Waals surface area contributed by atoms with Crippen LogP contribution in [0.5, 0.6) is 17.2 Å². The van der Waals surface area contributed by atoms with E-state index < -0.39 is 0 Å². The average Bonchev–Trinajstić information content (AvgIpc) is 3.04. The minimum absolute atomic E-state index is 0.0104. The van der Waals surface area contributed by atoms with Crippen LogP contribution in [0.2, 0.25) is 10.0 Å². The summed E-state index contributed by atoms with van der Waals surface area (Å²) in [6.45, 7) is 1.94. The number of carbonyl (C=O) groups is 1. The molecule has 5 nitrogen and oxygen atoms in total. The molecule has 4 rings (SSSR count). The highest BCUT2D eigenvalue weighted by Crippen LogP contribution is 2.38. The maximum Gasteiger partial charge on any atom is 0.261 e. The van der Waals surface area contributed by atoms with Crippen LogP contribution in [0.1, 0.15) is 30.9 Å². The van der Waals surface area contributed by atoms with Gasteiger partial charge < -0.3 is 19.1 Å². The van der Waals surface area contributed by atoms with E-state index in [0.29, 0.717) is 35.6 Å². The Morgan fingerprint density at radius 1 is 1.04 bits per heavy atom. The molecule has 2 aliphatic heterocycles. The van der Waals surface area contributed by atoms with Gasteiger partial charge in [0.1, 0.15) is 5.75 Å². The van der Waals surface area contributed by atoms with Crippen molar-refractivity contribution in [1.82, 2.24) is 4.90 Å². The molecule has 7 heteroatoms. The van der Waals surface area contributed by atoms with Gasteiger partial charge in [-0.1, -0.05) is 29.3 Å². The lowest BCUT2D eigenvalue weighted by Gasteiger charge is -2.25. The lowest BCUT2D eigenvalue weighted by atomic mass is 10.0. The zero-order valence-electron chi connectivity index (χ0n) is 15.3. The van der Waals surface area contributed by atoms with Crippen LogP contribution < -0.4 is 14.2 Å². The minimum Gasteiger partial charge on any atom is -0.490 e. The number of halogens is 2. The van der Waals surface area contributed by atoms with Crippen LogP contribution in [-0.2, 0) is 4.79 Å². The molecule has 0 N–H and O–H groups in total. The Morgan fingerprint density at radius 3 is 2.57 bits per heavy atom. The summed E-state index contributed by atoms with van der Waals surface area (Å²) in [6.07, 6.45) is 2.73. The van der Waals surface area contributed by atoms with Crippen molar-refractivity contribution in [2.24, 2.45) is 0 Å². The quantitative estimate of drug-likeness (QED) is 0.704. The van der Waals surface area contributed by atoms with Crippen LogP contribution in [0, 0.1) is 0 Å². The van der Waals surface area contributed by atoms with E-state index >= 15 is 0 Å². The Labute approximate surface area is 174 Å². The predicted molar refractivity (Wildman–Crippen MR) is 108 cm³/mol. The van der Waals surface area contributed by atoms with Crippen LogP contribution in [0.3, 0.4) is 0 Å². The number of hydrogen-bond acceptors (Lipinski definition) is 4. The fraction of sp³-hybridized carbons (Fsp3) is 0.381. The van der Waals surface area contributed by atoms with Gasteiger partial charge in [-0.25, -0.2) is 0 Å². The standard InChI is InChI=1S/C21H21Cl2NO4/c22-15-10-16(23)12-17(11-15)28-13-21(25)24-6-1-3-18(24)14-4-5-19-20(9-14)27-8-2-7-26-19/h4-5,9-12,18H,1-3,6-8,13H2. The molecule has 1 saturated heterocycles. The summed E-state index contributed by atoms with van der Waals surface area (Å²) < 4.78 is 17.1. The SMILES string of the molecule is O=C(COc1cc(Cl)cc(Cl)c1)N1CCCC1c1ccc2c(c1)OCCCO2. The number of likely N-dealkylation sites (tertiary alicyclic amines) is 1. The molecule has 1 fully saturated rings. The molecule has 1 atom stereocenters. The largest absolute Gasteiger partial charge is 0.490 e. The highest BCUT2D eigenvalue weighted by atomic mass is 35.5. The molecule has 0 aromatic heterocycles. The molecule has 2 aliphatic rings. The molecule has 2 heterocycles. The van der Waals surface area contributed by atoms with Gasteiger partial charge in [0, 0.05) is 23.0 Å². The highest BCUT2D eigenvalue weighted by molar-refractivity contribution is 6.34. The Morgan fingerprint density at radius 2 is 1.79 bits per heavy atom. The van der Waals surface area contributed by atoms with Crippen LogP contribution in [-0.4, -0.2) is 37.2 Å². The van der Waals surface area contributed by atoms with Crippen LogP contribution in [0.4, 0.5) is 0 Å². The molecule has 1 amide bonds. The van der Waals surface area contributed by atoms with Crippen LogP contribution in [0.15, 0.2) is 36.4 Å². The highest BCUT2D eigenvalue weighted by Gasteiger charge is 2.31. The van der Waals surface area contributed by atoms with Crippen molar-refractivity contribution in [1.29, 1.82) is 0 Å². The van der Waals surface area contributed by atoms with Crippen molar-refractivity contribution in [3.63, 3.8) is 0 Å². The first-order valence-corrected chi connectivity index (χ1v) is 10.1. The van der Waals surface area contributed by atoms with Gasteiger partial charge in [0.05, 0.1) is 19.3 Å². The third-order valence-corrected chi connectivity index (χ3v) is 5.36. The molecular weight excluding hydrogens is 401 g/mol. The summed E-state index contributed by atoms with van der Waals surface area (Å²) in [5, 5.41) is 0.947. The first kappa shape index (κ1) is 19.2. The summed E-state index contributed by atoms with van der Waals surface area (Å²) in [7, 11) is 0. The third kappa shape index (κ3) is 4.31. The topological polar surface area (TPSA) is 48.0 Å². The van der Waals surface area contributed by atoms with Gasteiger partial charge >= 0.3 is 0 Å². The van der Waals surface area contributed by atoms with Crippen LogP contribution in [0.25, 0.3) is 0 Å². The number of carbonyl (C=O) groups excluding carboxylic acids is 1. The molecule has 1 unspecified atom stereocenters. The molecule has 0 bridgehead atoms. The van der Waals surface area contributed by atoms with Crippen molar-refractivity contribution < 1.29 is 19.0 Å². The lowest BCUT2D eigenvalue weighted by Crippen LogP contribution is -2.34. The Bertz CT molecular complexity index is 853. The molecule has 0 radical (unpaired) electrons. The molecular formula is C21H21Cl2NO4. The van der Waals surface area contributed by atoms with E-state index in [1.54, 1.807) is 18.2 Å². The fourth-order valence-corrected chi connectivity index (χ4v) is 4.14. The Balaban J connectivity index is 1.45. The van der Waals surface area contributed by atoms with Gasteiger partial charge in [-0.15, -0.1) is 0 Å². The lowest BCUT2D eigenvalue weighted by molar-refractivity contribution is -0.134. The van der Waals surface area contributed by atoms with Crippen molar-refractivity contribution in [2.75, 3.05) is 26.4 Å². The molecule has 2 aromatic carbocycles. The first-order valence-electron chi connectivity index (χ1n) is 9.38. The molecule has 2 aromatic rings. The normalized spacial score (nSPS) is 18.6. The molecule has 0 spiro atoms. The third-order valence-electron chi connectivity index (χ3n) is 4.93. The van der Waals surface area contributed by atoms with Crippen molar-refractivity contribution >= 4 is 29.1 Å². The van der Waals surface area contributed by atoms with E-state index in [9.17, 15) is 4.79 Å². The summed E-state index contributed by atoms with van der Waals surface area (Å²) in [5.74, 6) is 1.93. The molecule has 148 valence electrons. The van der Waals surface area contributed by atoms with E-state index in [1.165, 1.54) is 0 Å². The second-order valence-corrected chi connectivity index (χ2v) is 7.77. The number of benzene rings is 2. The van der Waals surface area contributed by atoms with Crippen molar-refractivity contribution in [3.05, 3.63) is 52.0 Å². The predicted octanol–water partition coefficient (Wildman–Crippen LogP) is 4.90. The summed E-state index contributed by atoms with van der Waals surface area (Å²) in [4.78, 5) is 14.7. The number of hydrogen-bond donors (Lipinski definition) is 0. The van der Waals surface area contributed by atoms with E-state index in [2.05, 4.69) is 0 Å². The number of ether oxygens (including phenoxy) is 3. The second kappa shape index (κ2) is 8.50. The first-order chi connectivity index (χ1) is 13.6.